The normalized spacial score (nSPS) is 12.8. The summed E-state index contributed by atoms with van der Waals surface area (Å²) in [6.07, 6.45) is 0. The van der Waals surface area contributed by atoms with Gasteiger partial charge in [0.15, 0.2) is 0 Å². The molecule has 1 unspecified atom stereocenters. The molecule has 1 atom stereocenters. The van der Waals surface area contributed by atoms with Gasteiger partial charge < -0.3 is 4.74 Å². The number of carbonyl (C=O) groups excluding carboxylic acids is 1. The number of carbonyl (C=O) groups is 1. The van der Waals surface area contributed by atoms with Crippen LogP contribution in [0.2, 0.25) is 0 Å². The van der Waals surface area contributed by atoms with Crippen LogP contribution in [0.5, 0.6) is 0 Å². The van der Waals surface area contributed by atoms with E-state index in [0.717, 1.165) is 12.2 Å². The Hall–Kier alpha value is -0.940. The van der Waals surface area contributed by atoms with Gasteiger partial charge in [0.1, 0.15) is 0 Å². The van der Waals surface area contributed by atoms with Crippen LogP contribution in [0.1, 0.15) is 12.6 Å². The lowest BCUT2D eigenvalue weighted by molar-refractivity contribution is -0.145. The summed E-state index contributed by atoms with van der Waals surface area (Å²) in [5.74, 6) is -0.265. The zero-order chi connectivity index (χ0) is 11.3. The molecule has 1 aromatic rings. The summed E-state index contributed by atoms with van der Waals surface area (Å²) in [6.45, 7) is 3.32. The van der Waals surface area contributed by atoms with Crippen LogP contribution in [0.3, 0.4) is 0 Å². The van der Waals surface area contributed by atoms with E-state index in [1.165, 1.54) is 7.11 Å². The molecule has 5 heteroatoms. The van der Waals surface area contributed by atoms with E-state index in [4.69, 9.17) is 0 Å². The minimum atomic E-state index is -0.167. The zero-order valence-corrected chi connectivity index (χ0v) is 10.1. The van der Waals surface area contributed by atoms with E-state index < -0.39 is 0 Å². The Balaban J connectivity index is 2.35. The fraction of sp³-hybridized carbons (Fsp3) is 0.600. The number of ether oxygens (including phenoxy) is 1. The average molecular weight is 228 g/mol. The second kappa shape index (κ2) is 5.82. The lowest BCUT2D eigenvalue weighted by atomic mass is 10.2. The third-order valence-corrected chi connectivity index (χ3v) is 2.74. The minimum Gasteiger partial charge on any atom is -0.469 e. The summed E-state index contributed by atoms with van der Waals surface area (Å²) in [6, 6.07) is 0. The first kappa shape index (κ1) is 12.1. The van der Waals surface area contributed by atoms with E-state index in [1.807, 2.05) is 24.9 Å². The number of hydrogen-bond donors (Lipinski definition) is 0. The van der Waals surface area contributed by atoms with Crippen LogP contribution in [0, 0.1) is 5.92 Å². The van der Waals surface area contributed by atoms with Gasteiger partial charge in [0.25, 0.3) is 0 Å². The lowest BCUT2D eigenvalue weighted by Crippen LogP contribution is -2.29. The molecule has 0 aromatic carbocycles. The Kier molecular flexibility index (Phi) is 4.71. The molecule has 0 bridgehead atoms. The number of hydrogen-bond acceptors (Lipinski definition) is 5. The van der Waals surface area contributed by atoms with Gasteiger partial charge in [-0.05, 0) is 7.05 Å². The highest BCUT2D eigenvalue weighted by Gasteiger charge is 2.15. The number of esters is 1. The van der Waals surface area contributed by atoms with Crippen molar-refractivity contribution in [1.82, 2.24) is 9.88 Å². The van der Waals surface area contributed by atoms with Gasteiger partial charge in [0, 0.05) is 18.5 Å². The van der Waals surface area contributed by atoms with E-state index in [1.54, 1.807) is 11.3 Å². The molecule has 0 N–H and O–H groups in total. The predicted octanol–water partition coefficient (Wildman–Crippen LogP) is 1.38. The highest BCUT2D eigenvalue weighted by Crippen LogP contribution is 2.07. The van der Waals surface area contributed by atoms with Crippen LogP contribution in [0.4, 0.5) is 0 Å². The largest absolute Gasteiger partial charge is 0.469 e. The van der Waals surface area contributed by atoms with Crippen LogP contribution < -0.4 is 0 Å². The van der Waals surface area contributed by atoms with Gasteiger partial charge in [-0.3, -0.25) is 9.69 Å². The highest BCUT2D eigenvalue weighted by molar-refractivity contribution is 7.07. The van der Waals surface area contributed by atoms with Gasteiger partial charge in [-0.1, -0.05) is 6.92 Å². The molecule has 84 valence electrons. The fourth-order valence-electron chi connectivity index (χ4n) is 1.40. The Bertz CT molecular complexity index is 300. The molecule has 0 aliphatic carbocycles. The fourth-order valence-corrected chi connectivity index (χ4v) is 1.95. The summed E-state index contributed by atoms with van der Waals surface area (Å²) in [5, 5.41) is 2.01. The van der Waals surface area contributed by atoms with Crippen LogP contribution >= 0.6 is 11.3 Å². The SMILES string of the molecule is COC(=O)C(C)CN(C)Cc1cscn1. The summed E-state index contributed by atoms with van der Waals surface area (Å²) >= 11 is 1.58. The van der Waals surface area contributed by atoms with Crippen molar-refractivity contribution in [3.8, 4) is 0 Å². The zero-order valence-electron chi connectivity index (χ0n) is 9.27. The first-order valence-electron chi connectivity index (χ1n) is 4.77. The molecule has 0 radical (unpaired) electrons. The number of thiazole rings is 1. The van der Waals surface area contributed by atoms with Crippen molar-refractivity contribution in [3.63, 3.8) is 0 Å². The van der Waals surface area contributed by atoms with Crippen molar-refractivity contribution in [2.24, 2.45) is 5.92 Å². The summed E-state index contributed by atoms with van der Waals surface area (Å²) in [5.41, 5.74) is 2.85. The molecule has 0 amide bonds. The van der Waals surface area contributed by atoms with Gasteiger partial charge in [0.2, 0.25) is 0 Å². The van der Waals surface area contributed by atoms with Crippen molar-refractivity contribution in [3.05, 3.63) is 16.6 Å². The molecule has 0 fully saturated rings. The summed E-state index contributed by atoms with van der Waals surface area (Å²) in [7, 11) is 3.39. The molecule has 15 heavy (non-hydrogen) atoms. The molecule has 0 spiro atoms. The van der Waals surface area contributed by atoms with E-state index in [9.17, 15) is 4.79 Å². The van der Waals surface area contributed by atoms with Crippen LogP contribution in [0.25, 0.3) is 0 Å². The first-order chi connectivity index (χ1) is 7.13. The molecule has 0 saturated heterocycles. The molecule has 1 heterocycles. The van der Waals surface area contributed by atoms with Gasteiger partial charge >= 0.3 is 5.97 Å². The molecule has 0 saturated carbocycles. The van der Waals surface area contributed by atoms with E-state index in [-0.39, 0.29) is 11.9 Å². The predicted molar refractivity (Wildman–Crippen MR) is 59.6 cm³/mol. The third-order valence-electron chi connectivity index (χ3n) is 2.10. The van der Waals surface area contributed by atoms with Crippen LogP contribution in [0.15, 0.2) is 10.9 Å². The Morgan fingerprint density at radius 3 is 3.00 bits per heavy atom. The number of methoxy groups -OCH3 is 1. The molecule has 1 rings (SSSR count). The Labute approximate surface area is 93.9 Å². The molecule has 4 nitrogen and oxygen atoms in total. The maximum atomic E-state index is 11.2. The van der Waals surface area contributed by atoms with Crippen molar-refractivity contribution < 1.29 is 9.53 Å². The van der Waals surface area contributed by atoms with Crippen molar-refractivity contribution in [2.45, 2.75) is 13.5 Å². The van der Waals surface area contributed by atoms with Gasteiger partial charge in [-0.15, -0.1) is 11.3 Å². The maximum Gasteiger partial charge on any atom is 0.309 e. The number of nitrogens with zero attached hydrogens (tertiary/aromatic N) is 2. The minimum absolute atomic E-state index is 0.0985. The van der Waals surface area contributed by atoms with E-state index >= 15 is 0 Å². The summed E-state index contributed by atoms with van der Waals surface area (Å²) in [4.78, 5) is 17.4. The second-order valence-corrected chi connectivity index (χ2v) is 4.32. The van der Waals surface area contributed by atoms with Crippen molar-refractivity contribution in [1.29, 1.82) is 0 Å². The second-order valence-electron chi connectivity index (χ2n) is 3.60. The Morgan fingerprint density at radius 1 is 1.73 bits per heavy atom. The topological polar surface area (TPSA) is 42.4 Å². The quantitative estimate of drug-likeness (QED) is 0.714. The highest BCUT2D eigenvalue weighted by atomic mass is 32.1. The number of aromatic nitrogens is 1. The third kappa shape index (κ3) is 3.97. The van der Waals surface area contributed by atoms with Crippen molar-refractivity contribution >= 4 is 17.3 Å². The van der Waals surface area contributed by atoms with Gasteiger partial charge in [0.05, 0.1) is 24.2 Å². The lowest BCUT2D eigenvalue weighted by Gasteiger charge is -2.18. The average Bonchev–Trinajstić information content (AvgIpc) is 2.68. The smallest absolute Gasteiger partial charge is 0.309 e. The standard InChI is InChI=1S/C10H16N2O2S/c1-8(10(13)14-3)4-12(2)5-9-6-15-7-11-9/h6-8H,4-5H2,1-3H3. The van der Waals surface area contributed by atoms with Crippen LogP contribution in [-0.2, 0) is 16.1 Å². The van der Waals surface area contributed by atoms with E-state index in [2.05, 4.69) is 14.6 Å². The van der Waals surface area contributed by atoms with E-state index in [0.29, 0.717) is 6.54 Å². The Morgan fingerprint density at radius 2 is 2.47 bits per heavy atom. The van der Waals surface area contributed by atoms with Gasteiger partial charge in [-0.25, -0.2) is 4.98 Å². The number of rotatable bonds is 5. The molecular weight excluding hydrogens is 212 g/mol. The molecular formula is C10H16N2O2S. The molecule has 0 aliphatic heterocycles. The van der Waals surface area contributed by atoms with Gasteiger partial charge in [-0.2, -0.15) is 0 Å². The van der Waals surface area contributed by atoms with Crippen LogP contribution in [-0.4, -0.2) is 36.6 Å². The maximum absolute atomic E-state index is 11.2. The van der Waals surface area contributed by atoms with Crippen molar-refractivity contribution in [2.75, 3.05) is 20.7 Å². The monoisotopic (exact) mass is 228 g/mol. The first-order valence-corrected chi connectivity index (χ1v) is 5.71. The molecule has 0 aliphatic rings. The molecule has 1 aromatic heterocycles. The summed E-state index contributed by atoms with van der Waals surface area (Å²) < 4.78 is 4.67.